The minimum atomic E-state index is -0.738. The lowest BCUT2D eigenvalue weighted by Gasteiger charge is -2.27. The predicted octanol–water partition coefficient (Wildman–Crippen LogP) is 4.85. The molecule has 1 N–H and O–H groups in total. The summed E-state index contributed by atoms with van der Waals surface area (Å²) in [5, 5.41) is 9.17. The largest absolute Gasteiger partial charge is 0.494 e. The Labute approximate surface area is 174 Å². The lowest BCUT2D eigenvalue weighted by molar-refractivity contribution is -0.139. The van der Waals surface area contributed by atoms with Gasteiger partial charge in [-0.25, -0.2) is 4.39 Å². The van der Waals surface area contributed by atoms with Gasteiger partial charge in [-0.15, -0.1) is 0 Å². The van der Waals surface area contributed by atoms with Crippen molar-refractivity contribution >= 4 is 5.97 Å². The first-order valence-corrected chi connectivity index (χ1v) is 10.6. The Morgan fingerprint density at radius 1 is 1.20 bits per heavy atom. The van der Waals surface area contributed by atoms with Crippen LogP contribution in [-0.2, 0) is 11.2 Å². The standard InChI is InChI=1S/C24H25FO5/c1-28-22-11-16(29-15-3-2-4-15)10-17(23(22)25)13-5-7-20-14(9-13)6-8-21(30-20)18-12-19(18)24(26)27/h5,7,9-11,15,18-19,21H,2-4,6,8,12H2,1H3,(H,26,27)/t18-,19-,21-/m1/s1. The third kappa shape index (κ3) is 3.48. The summed E-state index contributed by atoms with van der Waals surface area (Å²) in [6.07, 6.45) is 5.60. The van der Waals surface area contributed by atoms with Crippen LogP contribution in [0.5, 0.6) is 17.2 Å². The van der Waals surface area contributed by atoms with Crippen LogP contribution in [0.1, 0.15) is 37.7 Å². The van der Waals surface area contributed by atoms with Gasteiger partial charge in [-0.1, -0.05) is 6.07 Å². The zero-order chi connectivity index (χ0) is 20.8. The summed E-state index contributed by atoms with van der Waals surface area (Å²) in [5.74, 6) is 0.224. The van der Waals surface area contributed by atoms with E-state index in [4.69, 9.17) is 19.3 Å². The Morgan fingerprint density at radius 2 is 2.03 bits per heavy atom. The van der Waals surface area contributed by atoms with E-state index < -0.39 is 11.8 Å². The fourth-order valence-electron chi connectivity index (χ4n) is 4.47. The molecular formula is C24H25FO5. The maximum absolute atomic E-state index is 15.0. The Balaban J connectivity index is 1.40. The van der Waals surface area contributed by atoms with E-state index in [1.165, 1.54) is 7.11 Å². The monoisotopic (exact) mass is 412 g/mol. The molecular weight excluding hydrogens is 387 g/mol. The Hall–Kier alpha value is -2.76. The number of carboxylic acids is 1. The van der Waals surface area contributed by atoms with Crippen molar-refractivity contribution in [3.63, 3.8) is 0 Å². The molecule has 0 amide bonds. The summed E-state index contributed by atoms with van der Waals surface area (Å²) in [6.45, 7) is 0. The second-order valence-electron chi connectivity index (χ2n) is 8.52. The van der Waals surface area contributed by atoms with Crippen molar-refractivity contribution < 1.29 is 28.5 Å². The van der Waals surface area contributed by atoms with Crippen molar-refractivity contribution in [1.29, 1.82) is 0 Å². The van der Waals surface area contributed by atoms with E-state index >= 15 is 4.39 Å². The van der Waals surface area contributed by atoms with Gasteiger partial charge < -0.3 is 19.3 Å². The van der Waals surface area contributed by atoms with Crippen molar-refractivity contribution in [3.05, 3.63) is 41.7 Å². The molecule has 5 rings (SSSR count). The number of hydrogen-bond acceptors (Lipinski definition) is 4. The van der Waals surface area contributed by atoms with Crippen molar-refractivity contribution in [2.45, 2.75) is 50.7 Å². The van der Waals surface area contributed by atoms with Gasteiger partial charge in [0.25, 0.3) is 0 Å². The van der Waals surface area contributed by atoms with E-state index in [2.05, 4.69) is 0 Å². The molecule has 0 bridgehead atoms. The third-order valence-corrected chi connectivity index (χ3v) is 6.57. The van der Waals surface area contributed by atoms with Crippen LogP contribution in [0.4, 0.5) is 4.39 Å². The zero-order valence-corrected chi connectivity index (χ0v) is 16.9. The van der Waals surface area contributed by atoms with E-state index in [9.17, 15) is 4.79 Å². The molecule has 2 aromatic carbocycles. The molecule has 0 spiro atoms. The lowest BCUT2D eigenvalue weighted by atomic mass is 9.94. The van der Waals surface area contributed by atoms with Crippen LogP contribution in [0.15, 0.2) is 30.3 Å². The topological polar surface area (TPSA) is 65.0 Å². The molecule has 3 atom stereocenters. The van der Waals surface area contributed by atoms with Crippen LogP contribution in [0.2, 0.25) is 0 Å². The van der Waals surface area contributed by atoms with Gasteiger partial charge in [0.1, 0.15) is 17.6 Å². The molecule has 0 unspecified atom stereocenters. The first kappa shape index (κ1) is 19.2. The van der Waals surface area contributed by atoms with Crippen molar-refractivity contribution in [1.82, 2.24) is 0 Å². The summed E-state index contributed by atoms with van der Waals surface area (Å²) in [7, 11) is 1.46. The number of halogens is 1. The molecule has 2 aromatic rings. The summed E-state index contributed by atoms with van der Waals surface area (Å²) in [5.41, 5.74) is 2.21. The number of fused-ring (bicyclic) bond motifs is 1. The number of carbonyl (C=O) groups is 1. The molecule has 3 aliphatic rings. The fraction of sp³-hybridized carbons (Fsp3) is 0.458. The molecule has 5 nitrogen and oxygen atoms in total. The molecule has 2 saturated carbocycles. The van der Waals surface area contributed by atoms with Crippen LogP contribution >= 0.6 is 0 Å². The van der Waals surface area contributed by atoms with Gasteiger partial charge in [-0.05, 0) is 67.9 Å². The minimum Gasteiger partial charge on any atom is -0.494 e. The zero-order valence-electron chi connectivity index (χ0n) is 16.9. The predicted molar refractivity (Wildman–Crippen MR) is 109 cm³/mol. The van der Waals surface area contributed by atoms with Crippen molar-refractivity contribution in [3.8, 4) is 28.4 Å². The van der Waals surface area contributed by atoms with Gasteiger partial charge in [0.05, 0.1) is 19.1 Å². The van der Waals surface area contributed by atoms with Crippen LogP contribution < -0.4 is 14.2 Å². The smallest absolute Gasteiger partial charge is 0.306 e. The molecule has 6 heteroatoms. The van der Waals surface area contributed by atoms with Gasteiger partial charge in [0, 0.05) is 17.5 Å². The molecule has 1 heterocycles. The van der Waals surface area contributed by atoms with Gasteiger partial charge >= 0.3 is 5.97 Å². The average Bonchev–Trinajstić information content (AvgIpc) is 3.52. The van der Waals surface area contributed by atoms with Crippen LogP contribution in [-0.4, -0.2) is 30.4 Å². The van der Waals surface area contributed by atoms with Crippen molar-refractivity contribution in [2.75, 3.05) is 7.11 Å². The average molecular weight is 412 g/mol. The highest BCUT2D eigenvalue weighted by molar-refractivity contribution is 5.74. The highest BCUT2D eigenvalue weighted by Gasteiger charge is 2.49. The summed E-state index contributed by atoms with van der Waals surface area (Å²) in [6, 6.07) is 9.01. The van der Waals surface area contributed by atoms with Gasteiger partial charge in [-0.3, -0.25) is 4.79 Å². The van der Waals surface area contributed by atoms with Crippen LogP contribution in [0, 0.1) is 17.7 Å². The number of aliphatic carboxylic acids is 1. The second kappa shape index (κ2) is 7.49. The lowest BCUT2D eigenvalue weighted by Crippen LogP contribution is -2.26. The first-order valence-electron chi connectivity index (χ1n) is 10.6. The SMILES string of the molecule is COc1cc(OC2CCC2)cc(-c2ccc3c(c2)CC[C@H]([C@@H]2C[C@H]2C(=O)O)O3)c1F. The van der Waals surface area contributed by atoms with Crippen molar-refractivity contribution in [2.24, 2.45) is 11.8 Å². The Morgan fingerprint density at radius 3 is 2.70 bits per heavy atom. The maximum atomic E-state index is 15.0. The van der Waals surface area contributed by atoms with E-state index in [0.717, 1.165) is 49.0 Å². The maximum Gasteiger partial charge on any atom is 0.306 e. The van der Waals surface area contributed by atoms with Crippen LogP contribution in [0.3, 0.4) is 0 Å². The number of methoxy groups -OCH3 is 1. The molecule has 2 aliphatic carbocycles. The van der Waals surface area contributed by atoms with Gasteiger partial charge in [-0.2, -0.15) is 0 Å². The molecule has 158 valence electrons. The molecule has 0 radical (unpaired) electrons. The molecule has 1 aliphatic heterocycles. The normalized spacial score (nSPS) is 24.9. The fourth-order valence-corrected chi connectivity index (χ4v) is 4.47. The summed E-state index contributed by atoms with van der Waals surface area (Å²) >= 11 is 0. The minimum absolute atomic E-state index is 0.0551. The highest BCUT2D eigenvalue weighted by Crippen LogP contribution is 2.47. The summed E-state index contributed by atoms with van der Waals surface area (Å²) < 4.78 is 32.3. The number of carboxylic acid groups (broad SMARTS) is 1. The number of hydrogen-bond donors (Lipinski definition) is 1. The molecule has 2 fully saturated rings. The van der Waals surface area contributed by atoms with E-state index in [0.29, 0.717) is 17.7 Å². The Bertz CT molecular complexity index is 984. The first-order chi connectivity index (χ1) is 14.5. The quantitative estimate of drug-likeness (QED) is 0.735. The third-order valence-electron chi connectivity index (χ3n) is 6.57. The van der Waals surface area contributed by atoms with Crippen LogP contribution in [0.25, 0.3) is 11.1 Å². The Kier molecular flexibility index (Phi) is 4.80. The van der Waals surface area contributed by atoms with Gasteiger partial charge in [0.2, 0.25) is 0 Å². The second-order valence-corrected chi connectivity index (χ2v) is 8.52. The number of rotatable bonds is 6. The van der Waals surface area contributed by atoms with E-state index in [-0.39, 0.29) is 29.8 Å². The molecule has 0 saturated heterocycles. The number of aryl methyl sites for hydroxylation is 1. The highest BCUT2D eigenvalue weighted by atomic mass is 19.1. The number of ether oxygens (including phenoxy) is 3. The number of benzene rings is 2. The molecule has 0 aromatic heterocycles. The van der Waals surface area contributed by atoms with E-state index in [1.54, 1.807) is 12.1 Å². The van der Waals surface area contributed by atoms with Gasteiger partial charge in [0.15, 0.2) is 11.6 Å². The van der Waals surface area contributed by atoms with E-state index in [1.807, 2.05) is 18.2 Å². The molecule has 30 heavy (non-hydrogen) atoms. The summed E-state index contributed by atoms with van der Waals surface area (Å²) in [4.78, 5) is 11.2.